The number of aryl methyl sites for hydroxylation is 1. The number of halogens is 1. The van der Waals surface area contributed by atoms with Crippen LogP contribution in [0.1, 0.15) is 17.4 Å². The smallest absolute Gasteiger partial charge is 0.0914 e. The highest BCUT2D eigenvalue weighted by atomic mass is 35.5. The molecule has 1 heterocycles. The van der Waals surface area contributed by atoms with Crippen molar-refractivity contribution in [3.05, 3.63) is 52.8 Å². The minimum Gasteiger partial charge on any atom is -0.387 e. The highest BCUT2D eigenvalue weighted by Gasteiger charge is 2.07. The summed E-state index contributed by atoms with van der Waals surface area (Å²) >= 11 is 5.80. The summed E-state index contributed by atoms with van der Waals surface area (Å²) in [6, 6.07) is 9.17. The Kier molecular flexibility index (Phi) is 4.36. The molecular formula is C13H16ClN3O. The van der Waals surface area contributed by atoms with E-state index >= 15 is 0 Å². The van der Waals surface area contributed by atoms with E-state index in [1.807, 2.05) is 29.9 Å². The van der Waals surface area contributed by atoms with E-state index in [1.54, 1.807) is 18.3 Å². The van der Waals surface area contributed by atoms with E-state index in [0.717, 1.165) is 11.3 Å². The molecule has 2 rings (SSSR count). The summed E-state index contributed by atoms with van der Waals surface area (Å²) in [7, 11) is 1.90. The van der Waals surface area contributed by atoms with Crippen LogP contribution in [0.5, 0.6) is 0 Å². The standard InChI is InChI=1S/C13H16ClN3O/c1-17-12(6-7-16-17)8-15-9-13(18)10-2-4-11(14)5-3-10/h2-7,13,15,18H,8-9H2,1H3. The van der Waals surface area contributed by atoms with Crippen molar-refractivity contribution in [1.29, 1.82) is 0 Å². The molecular weight excluding hydrogens is 250 g/mol. The molecule has 0 fully saturated rings. The summed E-state index contributed by atoms with van der Waals surface area (Å²) in [6.07, 6.45) is 1.22. The summed E-state index contributed by atoms with van der Waals surface area (Å²) in [6.45, 7) is 1.17. The van der Waals surface area contributed by atoms with Crippen molar-refractivity contribution in [2.24, 2.45) is 7.05 Å². The van der Waals surface area contributed by atoms with Crippen molar-refractivity contribution in [2.45, 2.75) is 12.6 Å². The van der Waals surface area contributed by atoms with Gasteiger partial charge >= 0.3 is 0 Å². The highest BCUT2D eigenvalue weighted by Crippen LogP contribution is 2.15. The van der Waals surface area contributed by atoms with Crippen molar-refractivity contribution in [2.75, 3.05) is 6.54 Å². The minimum atomic E-state index is -0.532. The normalized spacial score (nSPS) is 12.6. The second kappa shape index (κ2) is 6.00. The Morgan fingerprint density at radius 1 is 1.33 bits per heavy atom. The topological polar surface area (TPSA) is 50.1 Å². The molecule has 1 atom stereocenters. The van der Waals surface area contributed by atoms with Gasteiger partial charge in [0.25, 0.3) is 0 Å². The number of nitrogens with zero attached hydrogens (tertiary/aromatic N) is 2. The number of hydrogen-bond donors (Lipinski definition) is 2. The van der Waals surface area contributed by atoms with Crippen LogP contribution in [0.2, 0.25) is 5.02 Å². The Labute approximate surface area is 111 Å². The predicted molar refractivity (Wildman–Crippen MR) is 71.3 cm³/mol. The molecule has 0 amide bonds. The molecule has 18 heavy (non-hydrogen) atoms. The lowest BCUT2D eigenvalue weighted by atomic mass is 10.1. The molecule has 0 saturated carbocycles. The third kappa shape index (κ3) is 3.32. The highest BCUT2D eigenvalue weighted by molar-refractivity contribution is 6.30. The van der Waals surface area contributed by atoms with Gasteiger partial charge in [0.1, 0.15) is 0 Å². The Morgan fingerprint density at radius 2 is 2.06 bits per heavy atom. The van der Waals surface area contributed by atoms with Crippen LogP contribution >= 0.6 is 11.6 Å². The minimum absolute atomic E-state index is 0.493. The van der Waals surface area contributed by atoms with E-state index in [2.05, 4.69) is 10.4 Å². The number of benzene rings is 1. The van der Waals surface area contributed by atoms with E-state index in [0.29, 0.717) is 18.1 Å². The van der Waals surface area contributed by atoms with Crippen LogP contribution < -0.4 is 5.32 Å². The Hall–Kier alpha value is -1.36. The fourth-order valence-corrected chi connectivity index (χ4v) is 1.84. The Balaban J connectivity index is 1.83. The van der Waals surface area contributed by atoms with Crippen molar-refractivity contribution in [3.63, 3.8) is 0 Å². The molecule has 0 aliphatic carbocycles. The van der Waals surface area contributed by atoms with Gasteiger partial charge in [0, 0.05) is 31.4 Å². The van der Waals surface area contributed by atoms with E-state index in [4.69, 9.17) is 11.6 Å². The van der Waals surface area contributed by atoms with Gasteiger partial charge in [-0.2, -0.15) is 5.10 Å². The fraction of sp³-hybridized carbons (Fsp3) is 0.308. The molecule has 0 bridgehead atoms. The SMILES string of the molecule is Cn1nccc1CNCC(O)c1ccc(Cl)cc1. The van der Waals surface area contributed by atoms with E-state index < -0.39 is 6.10 Å². The first-order valence-electron chi connectivity index (χ1n) is 5.78. The molecule has 0 aliphatic heterocycles. The molecule has 2 N–H and O–H groups in total. The second-order valence-electron chi connectivity index (χ2n) is 4.14. The maximum atomic E-state index is 9.98. The summed E-state index contributed by atoms with van der Waals surface area (Å²) in [5, 5.41) is 17.9. The number of nitrogens with one attached hydrogen (secondary N) is 1. The van der Waals surface area contributed by atoms with Crippen LogP contribution in [0, 0.1) is 0 Å². The van der Waals surface area contributed by atoms with Gasteiger partial charge in [-0.1, -0.05) is 23.7 Å². The predicted octanol–water partition coefficient (Wildman–Crippen LogP) is 1.90. The van der Waals surface area contributed by atoms with Crippen molar-refractivity contribution < 1.29 is 5.11 Å². The lowest BCUT2D eigenvalue weighted by Gasteiger charge is -2.12. The van der Waals surface area contributed by atoms with Crippen LogP contribution in [0.3, 0.4) is 0 Å². The van der Waals surface area contributed by atoms with Gasteiger partial charge < -0.3 is 10.4 Å². The zero-order valence-corrected chi connectivity index (χ0v) is 10.9. The van der Waals surface area contributed by atoms with Crippen molar-refractivity contribution in [1.82, 2.24) is 15.1 Å². The summed E-state index contributed by atoms with van der Waals surface area (Å²) in [5.74, 6) is 0. The zero-order chi connectivity index (χ0) is 13.0. The lowest BCUT2D eigenvalue weighted by Crippen LogP contribution is -2.22. The molecule has 1 aromatic heterocycles. The van der Waals surface area contributed by atoms with Crippen LogP contribution in [0.25, 0.3) is 0 Å². The lowest BCUT2D eigenvalue weighted by molar-refractivity contribution is 0.174. The molecule has 1 unspecified atom stereocenters. The maximum Gasteiger partial charge on any atom is 0.0914 e. The van der Waals surface area contributed by atoms with Gasteiger partial charge in [-0.3, -0.25) is 4.68 Å². The quantitative estimate of drug-likeness (QED) is 0.868. The average Bonchev–Trinajstić information content (AvgIpc) is 2.76. The third-order valence-electron chi connectivity index (χ3n) is 2.82. The first-order valence-corrected chi connectivity index (χ1v) is 6.16. The van der Waals surface area contributed by atoms with Gasteiger partial charge in [-0.15, -0.1) is 0 Å². The first kappa shape index (κ1) is 13.1. The molecule has 0 saturated heterocycles. The first-order chi connectivity index (χ1) is 8.66. The largest absolute Gasteiger partial charge is 0.387 e. The van der Waals surface area contributed by atoms with E-state index in [9.17, 15) is 5.11 Å². The molecule has 0 aliphatic rings. The summed E-state index contributed by atoms with van der Waals surface area (Å²) in [4.78, 5) is 0. The molecule has 5 heteroatoms. The Morgan fingerprint density at radius 3 is 2.67 bits per heavy atom. The van der Waals surface area contributed by atoms with Gasteiger partial charge in [0.15, 0.2) is 0 Å². The van der Waals surface area contributed by atoms with Crippen LogP contribution in [-0.4, -0.2) is 21.4 Å². The monoisotopic (exact) mass is 265 g/mol. The van der Waals surface area contributed by atoms with Crippen molar-refractivity contribution in [3.8, 4) is 0 Å². The average molecular weight is 266 g/mol. The fourth-order valence-electron chi connectivity index (χ4n) is 1.71. The number of rotatable bonds is 5. The molecule has 96 valence electrons. The summed E-state index contributed by atoms with van der Waals surface area (Å²) in [5.41, 5.74) is 1.94. The zero-order valence-electron chi connectivity index (χ0n) is 10.2. The van der Waals surface area contributed by atoms with Gasteiger partial charge in [-0.05, 0) is 23.8 Å². The number of aliphatic hydroxyl groups excluding tert-OH is 1. The van der Waals surface area contributed by atoms with Crippen LogP contribution in [0.15, 0.2) is 36.5 Å². The summed E-state index contributed by atoms with van der Waals surface area (Å²) < 4.78 is 1.81. The number of aliphatic hydroxyl groups is 1. The molecule has 1 aromatic carbocycles. The van der Waals surface area contributed by atoms with Crippen molar-refractivity contribution >= 4 is 11.6 Å². The van der Waals surface area contributed by atoms with E-state index in [-0.39, 0.29) is 0 Å². The number of hydrogen-bond acceptors (Lipinski definition) is 3. The molecule has 4 nitrogen and oxygen atoms in total. The van der Waals surface area contributed by atoms with Crippen LogP contribution in [0.4, 0.5) is 0 Å². The van der Waals surface area contributed by atoms with Gasteiger partial charge in [0.2, 0.25) is 0 Å². The van der Waals surface area contributed by atoms with Gasteiger partial charge in [-0.25, -0.2) is 0 Å². The van der Waals surface area contributed by atoms with E-state index in [1.165, 1.54) is 0 Å². The molecule has 0 radical (unpaired) electrons. The van der Waals surface area contributed by atoms with Crippen LogP contribution in [-0.2, 0) is 13.6 Å². The second-order valence-corrected chi connectivity index (χ2v) is 4.58. The third-order valence-corrected chi connectivity index (χ3v) is 3.07. The molecule has 0 spiro atoms. The maximum absolute atomic E-state index is 9.98. The van der Waals surface area contributed by atoms with Gasteiger partial charge in [0.05, 0.1) is 11.8 Å². The molecule has 2 aromatic rings. The Bertz CT molecular complexity index is 495. The number of aromatic nitrogens is 2.